The van der Waals surface area contributed by atoms with Gasteiger partial charge in [-0.15, -0.1) is 11.3 Å². The fourth-order valence-corrected chi connectivity index (χ4v) is 4.60. The molecule has 0 aliphatic carbocycles. The number of nitrogens with zero attached hydrogens (tertiary/aromatic N) is 2. The Bertz CT molecular complexity index is 1160. The maximum absolute atomic E-state index is 13.1. The summed E-state index contributed by atoms with van der Waals surface area (Å²) in [6, 6.07) is 10.9. The molecular formula is C26H31N3O5S. The lowest BCUT2D eigenvalue weighted by Gasteiger charge is -2.26. The van der Waals surface area contributed by atoms with Crippen LogP contribution in [0.25, 0.3) is 10.6 Å². The Morgan fingerprint density at radius 2 is 1.89 bits per heavy atom. The Balaban J connectivity index is 1.84. The smallest absolute Gasteiger partial charge is 0.333 e. The average molecular weight is 498 g/mol. The van der Waals surface area contributed by atoms with E-state index in [2.05, 4.69) is 15.3 Å². The number of carbonyl (C=O) groups excluding carboxylic acids is 1. The zero-order valence-corrected chi connectivity index (χ0v) is 21.4. The molecule has 0 aliphatic rings. The van der Waals surface area contributed by atoms with Crippen molar-refractivity contribution in [3.8, 4) is 16.3 Å². The van der Waals surface area contributed by atoms with E-state index in [1.54, 1.807) is 51.4 Å². The van der Waals surface area contributed by atoms with Crippen LogP contribution in [-0.4, -0.2) is 52.8 Å². The van der Waals surface area contributed by atoms with Crippen LogP contribution in [0.3, 0.4) is 0 Å². The molecule has 2 heterocycles. The Hall–Kier alpha value is -3.30. The van der Waals surface area contributed by atoms with Crippen molar-refractivity contribution in [1.29, 1.82) is 0 Å². The number of benzene rings is 1. The first kappa shape index (κ1) is 26.3. The van der Waals surface area contributed by atoms with Gasteiger partial charge in [-0.2, -0.15) is 0 Å². The first-order chi connectivity index (χ1) is 16.7. The van der Waals surface area contributed by atoms with Gasteiger partial charge in [-0.25, -0.2) is 9.78 Å². The van der Waals surface area contributed by atoms with Gasteiger partial charge >= 0.3 is 5.97 Å². The molecule has 0 saturated heterocycles. The third-order valence-corrected chi connectivity index (χ3v) is 6.51. The maximum Gasteiger partial charge on any atom is 0.333 e. The highest BCUT2D eigenvalue weighted by molar-refractivity contribution is 7.15. The lowest BCUT2D eigenvalue weighted by atomic mass is 9.92. The minimum absolute atomic E-state index is 0.0659. The van der Waals surface area contributed by atoms with Crippen molar-refractivity contribution in [2.75, 3.05) is 13.7 Å². The highest BCUT2D eigenvalue weighted by Crippen LogP contribution is 2.29. The Kier molecular flexibility index (Phi) is 8.95. The fourth-order valence-electron chi connectivity index (χ4n) is 3.69. The van der Waals surface area contributed by atoms with Crippen molar-refractivity contribution in [3.63, 3.8) is 0 Å². The van der Waals surface area contributed by atoms with Crippen molar-refractivity contribution in [2.24, 2.45) is 0 Å². The normalized spacial score (nSPS) is 12.9. The van der Waals surface area contributed by atoms with Crippen LogP contribution < -0.4 is 10.1 Å². The van der Waals surface area contributed by atoms with Gasteiger partial charge in [-0.1, -0.05) is 19.1 Å². The standard InChI is InChI=1S/C26H31N3O5S/c1-6-19-13-18(11-12-27-19)25-29-22(16(4)35-25)24(30)28-14-21(23(26(31)32)34-15(2)3)17-7-9-20(33-5)10-8-17/h7-13,15,21,23H,6,14H2,1-5H3,(H,28,30)(H,31,32). The SMILES string of the molecule is CCc1cc(-c2nc(C(=O)NCC(c3ccc(OC)cc3)C(OC(C)C)C(=O)O)c(C)s2)ccn1. The number of ether oxygens (including phenoxy) is 2. The predicted octanol–water partition coefficient (Wildman–Crippen LogP) is 4.48. The van der Waals surface area contributed by atoms with Gasteiger partial charge in [0.25, 0.3) is 5.91 Å². The summed E-state index contributed by atoms with van der Waals surface area (Å²) >= 11 is 1.44. The second-order valence-corrected chi connectivity index (χ2v) is 9.55. The summed E-state index contributed by atoms with van der Waals surface area (Å²) in [6.45, 7) is 7.51. The molecule has 2 atom stereocenters. The minimum Gasteiger partial charge on any atom is -0.497 e. The molecule has 0 bridgehead atoms. The number of thiazole rings is 1. The first-order valence-corrected chi connectivity index (χ1v) is 12.3. The van der Waals surface area contributed by atoms with Gasteiger partial charge in [-0.3, -0.25) is 9.78 Å². The Morgan fingerprint density at radius 3 is 2.49 bits per heavy atom. The molecule has 3 aromatic rings. The van der Waals surface area contributed by atoms with E-state index in [1.807, 2.05) is 26.0 Å². The summed E-state index contributed by atoms with van der Waals surface area (Å²) in [7, 11) is 1.56. The largest absolute Gasteiger partial charge is 0.497 e. The summed E-state index contributed by atoms with van der Waals surface area (Å²) in [5.74, 6) is -1.41. The number of methoxy groups -OCH3 is 1. The number of aliphatic carboxylic acids is 1. The Morgan fingerprint density at radius 1 is 1.17 bits per heavy atom. The van der Waals surface area contributed by atoms with E-state index >= 15 is 0 Å². The van der Waals surface area contributed by atoms with Crippen LogP contribution in [0.1, 0.15) is 53.3 Å². The second-order valence-electron chi connectivity index (χ2n) is 8.35. The zero-order chi connectivity index (χ0) is 25.5. The number of carboxylic acid groups (broad SMARTS) is 1. The summed E-state index contributed by atoms with van der Waals surface area (Å²) in [6.07, 6.45) is 1.11. The number of pyridine rings is 1. The highest BCUT2D eigenvalue weighted by atomic mass is 32.1. The number of hydrogen-bond donors (Lipinski definition) is 2. The molecule has 0 aliphatic heterocycles. The van der Waals surface area contributed by atoms with Crippen LogP contribution in [0, 0.1) is 6.92 Å². The van der Waals surface area contributed by atoms with E-state index in [0.29, 0.717) is 11.4 Å². The van der Waals surface area contributed by atoms with Gasteiger partial charge in [0, 0.05) is 34.8 Å². The molecule has 0 spiro atoms. The van der Waals surface area contributed by atoms with Crippen molar-refractivity contribution >= 4 is 23.2 Å². The summed E-state index contributed by atoms with van der Waals surface area (Å²) in [5.41, 5.74) is 2.91. The molecule has 8 nitrogen and oxygen atoms in total. The molecule has 0 saturated carbocycles. The van der Waals surface area contributed by atoms with Gasteiger partial charge in [0.1, 0.15) is 16.5 Å². The number of carbonyl (C=O) groups is 2. The summed E-state index contributed by atoms with van der Waals surface area (Å²) < 4.78 is 10.9. The zero-order valence-electron chi connectivity index (χ0n) is 20.6. The molecule has 0 fully saturated rings. The van der Waals surface area contributed by atoms with Gasteiger partial charge in [-0.05, 0) is 57.0 Å². The molecule has 2 aromatic heterocycles. The number of hydrogen-bond acceptors (Lipinski definition) is 7. The summed E-state index contributed by atoms with van der Waals surface area (Å²) in [5, 5.41) is 13.5. The molecule has 9 heteroatoms. The second kappa shape index (κ2) is 11.9. The lowest BCUT2D eigenvalue weighted by molar-refractivity contribution is -0.155. The van der Waals surface area contributed by atoms with Gasteiger partial charge < -0.3 is 19.9 Å². The van der Waals surface area contributed by atoms with Crippen LogP contribution in [0.15, 0.2) is 42.6 Å². The molecule has 2 unspecified atom stereocenters. The van der Waals surface area contributed by atoms with Gasteiger partial charge in [0.2, 0.25) is 0 Å². The van der Waals surface area contributed by atoms with E-state index in [1.165, 1.54) is 11.3 Å². The molecular weight excluding hydrogens is 466 g/mol. The van der Waals surface area contributed by atoms with Crippen molar-refractivity contribution in [2.45, 2.75) is 52.2 Å². The van der Waals surface area contributed by atoms with Crippen molar-refractivity contribution in [3.05, 3.63) is 64.4 Å². The Labute approximate surface area is 209 Å². The van der Waals surface area contributed by atoms with E-state index in [-0.39, 0.29) is 18.6 Å². The maximum atomic E-state index is 13.1. The van der Waals surface area contributed by atoms with E-state index < -0.39 is 18.0 Å². The molecule has 0 radical (unpaired) electrons. The third kappa shape index (κ3) is 6.64. The topological polar surface area (TPSA) is 111 Å². The lowest BCUT2D eigenvalue weighted by Crippen LogP contribution is -2.40. The van der Waals surface area contributed by atoms with Crippen LogP contribution in [0.4, 0.5) is 0 Å². The van der Waals surface area contributed by atoms with Gasteiger partial charge in [0.15, 0.2) is 6.10 Å². The van der Waals surface area contributed by atoms with Crippen molar-refractivity contribution < 1.29 is 24.2 Å². The number of aryl methyl sites for hydroxylation is 2. The van der Waals surface area contributed by atoms with E-state index in [0.717, 1.165) is 33.1 Å². The van der Waals surface area contributed by atoms with E-state index in [4.69, 9.17) is 9.47 Å². The van der Waals surface area contributed by atoms with Crippen LogP contribution in [0.5, 0.6) is 5.75 Å². The molecule has 2 N–H and O–H groups in total. The molecule has 1 amide bonds. The minimum atomic E-state index is -1.14. The van der Waals surface area contributed by atoms with Crippen LogP contribution in [0.2, 0.25) is 0 Å². The molecule has 1 aromatic carbocycles. The number of nitrogens with one attached hydrogen (secondary N) is 1. The number of amides is 1. The molecule has 186 valence electrons. The first-order valence-electron chi connectivity index (χ1n) is 11.5. The number of rotatable bonds is 11. The molecule has 35 heavy (non-hydrogen) atoms. The van der Waals surface area contributed by atoms with Crippen LogP contribution >= 0.6 is 11.3 Å². The quantitative estimate of drug-likeness (QED) is 0.402. The monoisotopic (exact) mass is 497 g/mol. The molecule has 3 rings (SSSR count). The van der Waals surface area contributed by atoms with Gasteiger partial charge in [0.05, 0.1) is 13.2 Å². The number of carboxylic acids is 1. The highest BCUT2D eigenvalue weighted by Gasteiger charge is 2.32. The van der Waals surface area contributed by atoms with E-state index in [9.17, 15) is 14.7 Å². The van der Waals surface area contributed by atoms with Crippen LogP contribution in [-0.2, 0) is 16.0 Å². The average Bonchev–Trinajstić information content (AvgIpc) is 3.25. The third-order valence-electron chi connectivity index (χ3n) is 5.49. The summed E-state index contributed by atoms with van der Waals surface area (Å²) in [4.78, 5) is 34.8. The van der Waals surface area contributed by atoms with Crippen molar-refractivity contribution in [1.82, 2.24) is 15.3 Å². The predicted molar refractivity (Wildman–Crippen MR) is 135 cm³/mol. The fraction of sp³-hybridized carbons (Fsp3) is 0.385. The number of aromatic nitrogens is 2.